The third-order valence-corrected chi connectivity index (χ3v) is 3.29. The van der Waals surface area contributed by atoms with Crippen molar-refractivity contribution in [3.8, 4) is 5.75 Å². The Bertz CT molecular complexity index is 527. The quantitative estimate of drug-likeness (QED) is 0.774. The highest BCUT2D eigenvalue weighted by molar-refractivity contribution is 5.16. The van der Waals surface area contributed by atoms with Gasteiger partial charge in [0.05, 0.1) is 12.4 Å². The van der Waals surface area contributed by atoms with Crippen molar-refractivity contribution >= 4 is 0 Å². The summed E-state index contributed by atoms with van der Waals surface area (Å²) in [4.78, 5) is 0. The maximum absolute atomic E-state index is 10.1. The Morgan fingerprint density at radius 2 is 2.10 bits per heavy atom. The van der Waals surface area contributed by atoms with Crippen molar-refractivity contribution in [2.45, 2.75) is 38.5 Å². The lowest BCUT2D eigenvalue weighted by molar-refractivity contribution is 0.0851. The lowest BCUT2D eigenvalue weighted by Crippen LogP contribution is -2.40. The molecule has 21 heavy (non-hydrogen) atoms. The van der Waals surface area contributed by atoms with Gasteiger partial charge in [0.1, 0.15) is 12.7 Å². The van der Waals surface area contributed by atoms with Gasteiger partial charge in [0.25, 0.3) is 0 Å². The summed E-state index contributed by atoms with van der Waals surface area (Å²) >= 11 is 0. The van der Waals surface area contributed by atoms with Gasteiger partial charge in [-0.3, -0.25) is 4.68 Å². The first-order chi connectivity index (χ1) is 10.2. The molecule has 2 unspecified atom stereocenters. The zero-order chi connectivity index (χ0) is 15.1. The Hall–Kier alpha value is -1.85. The first-order valence-electron chi connectivity index (χ1n) is 7.32. The van der Waals surface area contributed by atoms with Gasteiger partial charge in [-0.25, -0.2) is 0 Å². The number of hydrogen-bond donors (Lipinski definition) is 2. The van der Waals surface area contributed by atoms with Crippen LogP contribution in [0.25, 0.3) is 0 Å². The third-order valence-electron chi connectivity index (χ3n) is 3.29. The Morgan fingerprint density at radius 1 is 1.33 bits per heavy atom. The Kier molecular flexibility index (Phi) is 5.78. The summed E-state index contributed by atoms with van der Waals surface area (Å²) in [5, 5.41) is 14.2. The molecular formula is C16H23N3O2. The fourth-order valence-electron chi connectivity index (χ4n) is 2.10. The van der Waals surface area contributed by atoms with E-state index in [2.05, 4.69) is 12.0 Å². The van der Waals surface area contributed by atoms with Gasteiger partial charge < -0.3 is 15.6 Å². The summed E-state index contributed by atoms with van der Waals surface area (Å²) in [6.45, 7) is 3.12. The van der Waals surface area contributed by atoms with Crippen LogP contribution in [0.15, 0.2) is 42.7 Å². The zero-order valence-electron chi connectivity index (χ0n) is 12.4. The third kappa shape index (κ3) is 4.88. The highest BCUT2D eigenvalue weighted by atomic mass is 16.5. The number of hydrogen-bond acceptors (Lipinski definition) is 4. The molecule has 1 aromatic carbocycles. The normalized spacial score (nSPS) is 13.9. The molecule has 0 saturated carbocycles. The van der Waals surface area contributed by atoms with Crippen LogP contribution in [0.2, 0.25) is 0 Å². The number of ether oxygens (including phenoxy) is 1. The molecule has 1 aromatic heterocycles. The van der Waals surface area contributed by atoms with Crippen molar-refractivity contribution in [1.29, 1.82) is 0 Å². The van der Waals surface area contributed by atoms with E-state index >= 15 is 0 Å². The van der Waals surface area contributed by atoms with E-state index in [1.165, 1.54) is 0 Å². The Morgan fingerprint density at radius 3 is 2.81 bits per heavy atom. The van der Waals surface area contributed by atoms with Crippen LogP contribution in [0.1, 0.15) is 18.9 Å². The van der Waals surface area contributed by atoms with E-state index in [4.69, 9.17) is 10.5 Å². The molecule has 114 valence electrons. The number of aliphatic hydroxyl groups is 1. The van der Waals surface area contributed by atoms with E-state index in [1.807, 2.05) is 41.2 Å². The van der Waals surface area contributed by atoms with Gasteiger partial charge >= 0.3 is 0 Å². The second-order valence-electron chi connectivity index (χ2n) is 5.17. The van der Waals surface area contributed by atoms with Crippen LogP contribution in [0.3, 0.4) is 0 Å². The molecule has 2 rings (SSSR count). The van der Waals surface area contributed by atoms with E-state index in [9.17, 15) is 5.11 Å². The van der Waals surface area contributed by atoms with Crippen molar-refractivity contribution in [3.05, 3.63) is 48.3 Å². The van der Waals surface area contributed by atoms with Crippen molar-refractivity contribution in [3.63, 3.8) is 0 Å². The van der Waals surface area contributed by atoms with Gasteiger partial charge in [-0.1, -0.05) is 37.3 Å². The van der Waals surface area contributed by atoms with Crippen molar-refractivity contribution < 1.29 is 9.84 Å². The minimum Gasteiger partial charge on any atom is -0.488 e. The summed E-state index contributed by atoms with van der Waals surface area (Å²) in [5.41, 5.74) is 7.13. The van der Waals surface area contributed by atoms with Crippen LogP contribution < -0.4 is 10.5 Å². The smallest absolute Gasteiger partial charge is 0.157 e. The topological polar surface area (TPSA) is 73.3 Å². The molecule has 0 bridgehead atoms. The predicted octanol–water partition coefficient (Wildman–Crippen LogP) is 1.60. The molecular weight excluding hydrogens is 266 g/mol. The molecule has 0 aliphatic rings. The molecule has 0 fully saturated rings. The van der Waals surface area contributed by atoms with Gasteiger partial charge in [0.2, 0.25) is 0 Å². The largest absolute Gasteiger partial charge is 0.488 e. The maximum Gasteiger partial charge on any atom is 0.157 e. The lowest BCUT2D eigenvalue weighted by atomic mass is 10.0. The summed E-state index contributed by atoms with van der Waals surface area (Å²) in [6.07, 6.45) is 4.43. The fraction of sp³-hybridized carbons (Fsp3) is 0.438. The maximum atomic E-state index is 10.1. The summed E-state index contributed by atoms with van der Waals surface area (Å²) in [7, 11) is 0. The van der Waals surface area contributed by atoms with Crippen LogP contribution in [0, 0.1) is 0 Å². The van der Waals surface area contributed by atoms with Crippen molar-refractivity contribution in [2.75, 3.05) is 6.61 Å². The van der Waals surface area contributed by atoms with E-state index in [0.717, 1.165) is 18.5 Å². The van der Waals surface area contributed by atoms with Gasteiger partial charge in [-0.15, -0.1) is 0 Å². The second kappa shape index (κ2) is 7.81. The molecule has 2 atom stereocenters. The van der Waals surface area contributed by atoms with Crippen LogP contribution in [-0.2, 0) is 13.0 Å². The van der Waals surface area contributed by atoms with Gasteiger partial charge in [0, 0.05) is 12.6 Å². The highest BCUT2D eigenvalue weighted by Crippen LogP contribution is 2.10. The SMILES string of the molecule is CCCn1cc(OCC(O)C(N)Cc2ccccc2)cn1. The van der Waals surface area contributed by atoms with E-state index in [-0.39, 0.29) is 12.6 Å². The number of nitrogens with zero attached hydrogens (tertiary/aromatic N) is 2. The molecule has 0 spiro atoms. The Labute approximate surface area is 125 Å². The van der Waals surface area contributed by atoms with Gasteiger partial charge in [-0.2, -0.15) is 5.10 Å². The van der Waals surface area contributed by atoms with E-state index in [1.54, 1.807) is 6.20 Å². The molecule has 0 radical (unpaired) electrons. The summed E-state index contributed by atoms with van der Waals surface area (Å²) < 4.78 is 7.37. The van der Waals surface area contributed by atoms with Crippen LogP contribution in [0.5, 0.6) is 5.75 Å². The first kappa shape index (κ1) is 15.5. The predicted molar refractivity (Wildman–Crippen MR) is 82.1 cm³/mol. The number of rotatable bonds is 8. The van der Waals surface area contributed by atoms with Crippen molar-refractivity contribution in [1.82, 2.24) is 9.78 Å². The van der Waals surface area contributed by atoms with Gasteiger partial charge in [0.15, 0.2) is 5.75 Å². The first-order valence-corrected chi connectivity index (χ1v) is 7.32. The van der Waals surface area contributed by atoms with Crippen LogP contribution in [0.4, 0.5) is 0 Å². The molecule has 0 amide bonds. The molecule has 2 aromatic rings. The average molecular weight is 289 g/mol. The molecule has 1 heterocycles. The molecule has 0 aliphatic carbocycles. The van der Waals surface area contributed by atoms with E-state index in [0.29, 0.717) is 12.2 Å². The molecule has 5 nitrogen and oxygen atoms in total. The minimum atomic E-state index is -0.709. The highest BCUT2D eigenvalue weighted by Gasteiger charge is 2.16. The minimum absolute atomic E-state index is 0.172. The summed E-state index contributed by atoms with van der Waals surface area (Å²) in [6, 6.07) is 9.55. The molecule has 0 aliphatic heterocycles. The fourth-order valence-corrected chi connectivity index (χ4v) is 2.10. The van der Waals surface area contributed by atoms with Crippen LogP contribution >= 0.6 is 0 Å². The number of aromatic nitrogens is 2. The Balaban J connectivity index is 1.79. The summed E-state index contributed by atoms with van der Waals surface area (Å²) in [5.74, 6) is 0.661. The lowest BCUT2D eigenvalue weighted by Gasteiger charge is -2.18. The monoisotopic (exact) mass is 289 g/mol. The average Bonchev–Trinajstić information content (AvgIpc) is 2.94. The number of aliphatic hydroxyl groups excluding tert-OH is 1. The standard InChI is InChI=1S/C16H23N3O2/c1-2-8-19-11-14(10-18-19)21-12-16(20)15(17)9-13-6-4-3-5-7-13/h3-7,10-11,15-16,20H,2,8-9,12,17H2,1H3. The van der Waals surface area contributed by atoms with Crippen LogP contribution in [-0.4, -0.2) is 33.6 Å². The van der Waals surface area contributed by atoms with Gasteiger partial charge in [-0.05, 0) is 18.4 Å². The number of aryl methyl sites for hydroxylation is 1. The molecule has 3 N–H and O–H groups in total. The zero-order valence-corrected chi connectivity index (χ0v) is 12.4. The molecule has 5 heteroatoms. The van der Waals surface area contributed by atoms with E-state index < -0.39 is 6.10 Å². The number of benzene rings is 1. The van der Waals surface area contributed by atoms with Crippen molar-refractivity contribution in [2.24, 2.45) is 5.73 Å². The number of nitrogens with two attached hydrogens (primary N) is 1. The second-order valence-corrected chi connectivity index (χ2v) is 5.17. The molecule has 0 saturated heterocycles.